The fraction of sp³-hybridized carbons (Fsp3) is 0.300. The van der Waals surface area contributed by atoms with E-state index >= 15 is 0 Å². The molecule has 0 saturated carbocycles. The van der Waals surface area contributed by atoms with Gasteiger partial charge in [-0.15, -0.1) is 0 Å². The van der Waals surface area contributed by atoms with E-state index in [0.717, 1.165) is 0 Å². The first-order valence-corrected chi connectivity index (χ1v) is 4.92. The highest BCUT2D eigenvalue weighted by Gasteiger charge is 2.09. The van der Waals surface area contributed by atoms with E-state index in [1.54, 1.807) is 19.2 Å². The Hall–Kier alpha value is -1.26. The van der Waals surface area contributed by atoms with Gasteiger partial charge in [0.1, 0.15) is 5.52 Å². The fourth-order valence-electron chi connectivity index (χ4n) is 1.35. The minimum Gasteiger partial charge on any atom is -0.439 e. The molecule has 0 bridgehead atoms. The summed E-state index contributed by atoms with van der Waals surface area (Å²) in [6.45, 7) is 0.569. The number of methoxy groups -OCH3 is 1. The van der Waals surface area contributed by atoms with Crippen LogP contribution in [0.5, 0.6) is 0 Å². The number of hydrogen-bond donors (Lipinski definition) is 1. The van der Waals surface area contributed by atoms with Gasteiger partial charge in [0.05, 0.1) is 11.6 Å². The molecule has 1 aromatic carbocycles. The molecule has 2 rings (SSSR count). The van der Waals surface area contributed by atoms with Gasteiger partial charge in [-0.2, -0.15) is 0 Å². The van der Waals surface area contributed by atoms with E-state index in [1.165, 1.54) is 0 Å². The SMILES string of the molecule is COCCc1nc2cc(N)cc(Cl)c2o1. The Balaban J connectivity index is 2.41. The van der Waals surface area contributed by atoms with Gasteiger partial charge in [-0.3, -0.25) is 0 Å². The van der Waals surface area contributed by atoms with Crippen LogP contribution < -0.4 is 5.73 Å². The second-order valence-electron chi connectivity index (χ2n) is 3.20. The zero-order valence-electron chi connectivity index (χ0n) is 8.29. The van der Waals surface area contributed by atoms with E-state index in [9.17, 15) is 0 Å². The average Bonchev–Trinajstić information content (AvgIpc) is 2.57. The fourth-order valence-corrected chi connectivity index (χ4v) is 1.62. The zero-order valence-corrected chi connectivity index (χ0v) is 9.04. The standard InChI is InChI=1S/C10H11ClN2O2/c1-14-3-2-9-13-8-5-6(12)4-7(11)10(8)15-9/h4-5H,2-3,12H2,1H3. The first-order valence-electron chi connectivity index (χ1n) is 4.54. The van der Waals surface area contributed by atoms with Crippen LogP contribution in [0.25, 0.3) is 11.1 Å². The predicted molar refractivity (Wildman–Crippen MR) is 59.0 cm³/mol. The van der Waals surface area contributed by atoms with E-state index in [-0.39, 0.29) is 0 Å². The molecular formula is C10H11ClN2O2. The molecule has 0 amide bonds. The quantitative estimate of drug-likeness (QED) is 0.816. The van der Waals surface area contributed by atoms with Crippen LogP contribution >= 0.6 is 11.6 Å². The summed E-state index contributed by atoms with van der Waals surface area (Å²) in [4.78, 5) is 4.26. The third kappa shape index (κ3) is 2.06. The Morgan fingerprint density at radius 2 is 2.33 bits per heavy atom. The highest BCUT2D eigenvalue weighted by Crippen LogP contribution is 2.27. The summed E-state index contributed by atoms with van der Waals surface area (Å²) in [5, 5.41) is 0.487. The Morgan fingerprint density at radius 3 is 3.07 bits per heavy atom. The number of anilines is 1. The highest BCUT2D eigenvalue weighted by molar-refractivity contribution is 6.35. The van der Waals surface area contributed by atoms with E-state index < -0.39 is 0 Å². The van der Waals surface area contributed by atoms with E-state index in [4.69, 9.17) is 26.5 Å². The average molecular weight is 227 g/mol. The Morgan fingerprint density at radius 1 is 1.53 bits per heavy atom. The number of ether oxygens (including phenoxy) is 1. The Bertz CT molecular complexity index is 481. The van der Waals surface area contributed by atoms with Gasteiger partial charge in [0, 0.05) is 19.2 Å². The molecule has 0 spiro atoms. The number of nitrogens with zero attached hydrogens (tertiary/aromatic N) is 1. The predicted octanol–water partition coefficient (Wildman–Crippen LogP) is 2.25. The molecule has 1 aromatic heterocycles. The summed E-state index contributed by atoms with van der Waals surface area (Å²) in [7, 11) is 1.63. The lowest BCUT2D eigenvalue weighted by atomic mass is 10.3. The van der Waals surface area contributed by atoms with Crippen LogP contribution in [0.3, 0.4) is 0 Å². The van der Waals surface area contributed by atoms with Gasteiger partial charge in [-0.05, 0) is 12.1 Å². The van der Waals surface area contributed by atoms with Crippen LogP contribution in [-0.4, -0.2) is 18.7 Å². The number of benzene rings is 1. The van der Waals surface area contributed by atoms with Crippen molar-refractivity contribution >= 4 is 28.4 Å². The molecule has 15 heavy (non-hydrogen) atoms. The number of oxazole rings is 1. The van der Waals surface area contributed by atoms with Gasteiger partial charge in [0.25, 0.3) is 0 Å². The van der Waals surface area contributed by atoms with Gasteiger partial charge < -0.3 is 14.9 Å². The first kappa shape index (κ1) is 10.3. The van der Waals surface area contributed by atoms with Crippen LogP contribution in [0.15, 0.2) is 16.5 Å². The van der Waals surface area contributed by atoms with Gasteiger partial charge >= 0.3 is 0 Å². The van der Waals surface area contributed by atoms with E-state index in [0.29, 0.717) is 40.7 Å². The van der Waals surface area contributed by atoms with Gasteiger partial charge in [-0.1, -0.05) is 11.6 Å². The Labute approximate surface area is 92.0 Å². The maximum absolute atomic E-state index is 5.96. The summed E-state index contributed by atoms with van der Waals surface area (Å²) < 4.78 is 10.4. The van der Waals surface area contributed by atoms with Crippen molar-refractivity contribution in [1.82, 2.24) is 4.98 Å². The minimum atomic E-state index is 0.487. The first-order chi connectivity index (χ1) is 7.20. The molecule has 0 fully saturated rings. The molecule has 2 aromatic rings. The molecule has 80 valence electrons. The molecule has 0 aliphatic carbocycles. The van der Waals surface area contributed by atoms with Crippen molar-refractivity contribution in [1.29, 1.82) is 0 Å². The van der Waals surface area contributed by atoms with Crippen molar-refractivity contribution in [3.05, 3.63) is 23.0 Å². The number of halogens is 1. The monoisotopic (exact) mass is 226 g/mol. The topological polar surface area (TPSA) is 61.3 Å². The molecular weight excluding hydrogens is 216 g/mol. The van der Waals surface area contributed by atoms with Gasteiger partial charge in [0.15, 0.2) is 11.5 Å². The van der Waals surface area contributed by atoms with Crippen molar-refractivity contribution in [3.63, 3.8) is 0 Å². The lowest BCUT2D eigenvalue weighted by molar-refractivity contribution is 0.196. The summed E-state index contributed by atoms with van der Waals surface area (Å²) in [6, 6.07) is 3.39. The van der Waals surface area contributed by atoms with Crippen LogP contribution in [-0.2, 0) is 11.2 Å². The number of rotatable bonds is 3. The Kier molecular flexibility index (Phi) is 2.79. The molecule has 1 heterocycles. The number of fused-ring (bicyclic) bond motifs is 1. The van der Waals surface area contributed by atoms with Crippen molar-refractivity contribution in [2.24, 2.45) is 0 Å². The van der Waals surface area contributed by atoms with Crippen LogP contribution in [0.1, 0.15) is 5.89 Å². The molecule has 5 heteroatoms. The largest absolute Gasteiger partial charge is 0.439 e. The molecule has 0 atom stereocenters. The second-order valence-corrected chi connectivity index (χ2v) is 3.61. The van der Waals surface area contributed by atoms with E-state index in [1.807, 2.05) is 0 Å². The molecule has 0 unspecified atom stereocenters. The van der Waals surface area contributed by atoms with Crippen molar-refractivity contribution in [2.75, 3.05) is 19.5 Å². The number of aromatic nitrogens is 1. The van der Waals surface area contributed by atoms with Crippen molar-refractivity contribution in [2.45, 2.75) is 6.42 Å². The normalized spacial score (nSPS) is 11.1. The molecule has 0 radical (unpaired) electrons. The molecule has 2 N–H and O–H groups in total. The van der Waals surface area contributed by atoms with Crippen LogP contribution in [0.4, 0.5) is 5.69 Å². The second kappa shape index (κ2) is 4.08. The summed E-state index contributed by atoms with van der Waals surface area (Å²) in [6.07, 6.45) is 0.626. The zero-order chi connectivity index (χ0) is 10.8. The lowest BCUT2D eigenvalue weighted by Crippen LogP contribution is -1.93. The minimum absolute atomic E-state index is 0.487. The lowest BCUT2D eigenvalue weighted by Gasteiger charge is -1.93. The summed E-state index contributed by atoms with van der Waals surface area (Å²) in [5.74, 6) is 0.611. The van der Waals surface area contributed by atoms with Crippen LogP contribution in [0.2, 0.25) is 5.02 Å². The number of nitrogens with two attached hydrogens (primary N) is 1. The van der Waals surface area contributed by atoms with E-state index in [2.05, 4.69) is 4.98 Å². The molecule has 4 nitrogen and oxygen atoms in total. The molecule has 0 saturated heterocycles. The number of nitrogen functional groups attached to an aromatic ring is 1. The molecule has 0 aliphatic heterocycles. The maximum Gasteiger partial charge on any atom is 0.197 e. The smallest absolute Gasteiger partial charge is 0.197 e. The van der Waals surface area contributed by atoms with Crippen molar-refractivity contribution in [3.8, 4) is 0 Å². The van der Waals surface area contributed by atoms with Gasteiger partial charge in [-0.25, -0.2) is 4.98 Å². The summed E-state index contributed by atoms with van der Waals surface area (Å²) in [5.41, 5.74) is 7.49. The van der Waals surface area contributed by atoms with Gasteiger partial charge in [0.2, 0.25) is 0 Å². The van der Waals surface area contributed by atoms with Crippen LogP contribution in [0, 0.1) is 0 Å². The highest BCUT2D eigenvalue weighted by atomic mass is 35.5. The third-order valence-electron chi connectivity index (χ3n) is 2.03. The maximum atomic E-state index is 5.96. The summed E-state index contributed by atoms with van der Waals surface area (Å²) >= 11 is 5.96. The molecule has 0 aliphatic rings. The number of hydrogen-bond acceptors (Lipinski definition) is 4. The third-order valence-corrected chi connectivity index (χ3v) is 2.31. The van der Waals surface area contributed by atoms with Crippen molar-refractivity contribution < 1.29 is 9.15 Å².